The number of piperidine rings is 1. The number of amides is 1. The van der Waals surface area contributed by atoms with Crippen molar-refractivity contribution in [3.05, 3.63) is 20.3 Å². The third-order valence-corrected chi connectivity index (χ3v) is 4.74. The summed E-state index contributed by atoms with van der Waals surface area (Å²) in [5.74, 6) is -0.748. The van der Waals surface area contributed by atoms with Crippen molar-refractivity contribution in [1.29, 1.82) is 0 Å². The smallest absolute Gasteiger partial charge is 0.303 e. The Balaban J connectivity index is 1.96. The lowest BCUT2D eigenvalue weighted by atomic mass is 9.93. The molecule has 2 heterocycles. The molecule has 0 atom stereocenters. The molecule has 0 unspecified atom stereocenters. The molecule has 0 bridgehead atoms. The van der Waals surface area contributed by atoms with Gasteiger partial charge in [-0.1, -0.05) is 23.2 Å². The van der Waals surface area contributed by atoms with Crippen LogP contribution in [0.3, 0.4) is 0 Å². The Labute approximate surface area is 124 Å². The highest BCUT2D eigenvalue weighted by atomic mass is 35.5. The number of hydrogen-bond donors (Lipinski definition) is 1. The molecule has 19 heavy (non-hydrogen) atoms. The molecule has 1 N–H and O–H groups in total. The lowest BCUT2D eigenvalue weighted by Crippen LogP contribution is -2.38. The van der Waals surface area contributed by atoms with E-state index in [9.17, 15) is 9.59 Å². The van der Waals surface area contributed by atoms with E-state index >= 15 is 0 Å². The standard InChI is InChI=1S/C12H13Cl2NO3S/c13-9-6-8(11(14)19-9)12(18)15-3-1-7(2-4-15)5-10(16)17/h6-7H,1-5H2,(H,16,17). The predicted molar refractivity (Wildman–Crippen MR) is 75.2 cm³/mol. The number of likely N-dealkylation sites (tertiary alicyclic amines) is 1. The zero-order valence-corrected chi connectivity index (χ0v) is 12.4. The molecule has 0 aliphatic carbocycles. The molecule has 0 saturated carbocycles. The highest BCUT2D eigenvalue weighted by Gasteiger charge is 2.26. The van der Waals surface area contributed by atoms with Crippen LogP contribution in [0.1, 0.15) is 29.6 Å². The van der Waals surface area contributed by atoms with Crippen LogP contribution in [0.25, 0.3) is 0 Å². The third-order valence-electron chi connectivity index (χ3n) is 3.25. The Bertz CT molecular complexity index is 495. The van der Waals surface area contributed by atoms with E-state index in [-0.39, 0.29) is 18.2 Å². The van der Waals surface area contributed by atoms with E-state index in [1.54, 1.807) is 11.0 Å². The summed E-state index contributed by atoms with van der Waals surface area (Å²) < 4.78 is 0.900. The van der Waals surface area contributed by atoms with E-state index in [0.717, 1.165) is 0 Å². The molecule has 0 spiro atoms. The molecule has 1 fully saturated rings. The summed E-state index contributed by atoms with van der Waals surface area (Å²) in [4.78, 5) is 24.6. The first kappa shape index (κ1) is 14.6. The van der Waals surface area contributed by atoms with Crippen LogP contribution >= 0.6 is 34.5 Å². The number of thiophene rings is 1. The molecule has 7 heteroatoms. The van der Waals surface area contributed by atoms with Gasteiger partial charge in [0, 0.05) is 19.5 Å². The van der Waals surface area contributed by atoms with Gasteiger partial charge in [-0.3, -0.25) is 9.59 Å². The summed E-state index contributed by atoms with van der Waals surface area (Å²) in [6.07, 6.45) is 1.61. The molecule has 0 radical (unpaired) electrons. The van der Waals surface area contributed by atoms with Gasteiger partial charge in [0.25, 0.3) is 5.91 Å². The van der Waals surface area contributed by atoms with Gasteiger partial charge in [0.2, 0.25) is 0 Å². The van der Waals surface area contributed by atoms with Crippen molar-refractivity contribution in [1.82, 2.24) is 4.90 Å². The van der Waals surface area contributed by atoms with Gasteiger partial charge in [-0.15, -0.1) is 11.3 Å². The van der Waals surface area contributed by atoms with E-state index in [0.29, 0.717) is 40.2 Å². The number of hydrogen-bond acceptors (Lipinski definition) is 3. The van der Waals surface area contributed by atoms with E-state index in [2.05, 4.69) is 0 Å². The topological polar surface area (TPSA) is 57.6 Å². The molecule has 1 aliphatic rings. The minimum absolute atomic E-state index is 0.123. The van der Waals surface area contributed by atoms with Crippen LogP contribution in [0, 0.1) is 5.92 Å². The molecule has 1 aliphatic heterocycles. The number of rotatable bonds is 3. The minimum Gasteiger partial charge on any atom is -0.481 e. The lowest BCUT2D eigenvalue weighted by molar-refractivity contribution is -0.138. The van der Waals surface area contributed by atoms with Crippen molar-refractivity contribution in [2.24, 2.45) is 5.92 Å². The Hall–Kier alpha value is -0.780. The molecule has 1 saturated heterocycles. The van der Waals surface area contributed by atoms with Gasteiger partial charge < -0.3 is 10.0 Å². The summed E-state index contributed by atoms with van der Waals surface area (Å²) in [6, 6.07) is 1.58. The number of carbonyl (C=O) groups excluding carboxylic acids is 1. The fourth-order valence-corrected chi connectivity index (χ4v) is 3.69. The van der Waals surface area contributed by atoms with Crippen molar-refractivity contribution in [2.45, 2.75) is 19.3 Å². The zero-order chi connectivity index (χ0) is 14.0. The van der Waals surface area contributed by atoms with Gasteiger partial charge in [0.15, 0.2) is 0 Å². The predicted octanol–water partition coefficient (Wildman–Crippen LogP) is 3.38. The van der Waals surface area contributed by atoms with E-state index < -0.39 is 5.97 Å². The van der Waals surface area contributed by atoms with Crippen molar-refractivity contribution in [3.63, 3.8) is 0 Å². The maximum absolute atomic E-state index is 12.2. The van der Waals surface area contributed by atoms with Gasteiger partial charge >= 0.3 is 5.97 Å². The van der Waals surface area contributed by atoms with Crippen LogP contribution in [0.5, 0.6) is 0 Å². The molecule has 1 amide bonds. The average molecular weight is 322 g/mol. The van der Waals surface area contributed by atoms with Crippen LogP contribution < -0.4 is 0 Å². The van der Waals surface area contributed by atoms with E-state index in [1.807, 2.05) is 0 Å². The fraction of sp³-hybridized carbons (Fsp3) is 0.500. The molecule has 1 aromatic rings. The quantitative estimate of drug-likeness (QED) is 0.928. The number of nitrogens with zero attached hydrogens (tertiary/aromatic N) is 1. The first-order valence-electron chi connectivity index (χ1n) is 5.93. The van der Waals surface area contributed by atoms with Crippen LogP contribution in [-0.2, 0) is 4.79 Å². The second-order valence-electron chi connectivity index (χ2n) is 4.57. The van der Waals surface area contributed by atoms with Crippen LogP contribution in [0.4, 0.5) is 0 Å². The van der Waals surface area contributed by atoms with Crippen molar-refractivity contribution in [2.75, 3.05) is 13.1 Å². The normalized spacial score (nSPS) is 16.6. The van der Waals surface area contributed by atoms with Gasteiger partial charge in [-0.05, 0) is 24.8 Å². The van der Waals surface area contributed by atoms with E-state index in [4.69, 9.17) is 28.3 Å². The number of carbonyl (C=O) groups is 2. The maximum atomic E-state index is 12.2. The third kappa shape index (κ3) is 3.61. The van der Waals surface area contributed by atoms with Gasteiger partial charge in [0.05, 0.1) is 9.90 Å². The number of carboxylic acids is 1. The molecule has 104 valence electrons. The summed E-state index contributed by atoms with van der Waals surface area (Å²) >= 11 is 13.0. The number of carboxylic acid groups (broad SMARTS) is 1. The second-order valence-corrected chi connectivity index (χ2v) is 6.86. The van der Waals surface area contributed by atoms with Crippen molar-refractivity contribution < 1.29 is 14.7 Å². The SMILES string of the molecule is O=C(O)CC1CCN(C(=O)c2cc(Cl)sc2Cl)CC1. The number of aliphatic carboxylic acids is 1. The van der Waals surface area contributed by atoms with Gasteiger partial charge in [-0.2, -0.15) is 0 Å². The Morgan fingerprint density at radius 3 is 2.47 bits per heavy atom. The maximum Gasteiger partial charge on any atom is 0.303 e. The molecule has 1 aromatic heterocycles. The highest BCUT2D eigenvalue weighted by Crippen LogP contribution is 2.32. The van der Waals surface area contributed by atoms with Gasteiger partial charge in [0.1, 0.15) is 4.34 Å². The fourth-order valence-electron chi connectivity index (χ4n) is 2.24. The van der Waals surface area contributed by atoms with Crippen LogP contribution in [-0.4, -0.2) is 35.0 Å². The molecule has 0 aromatic carbocycles. The minimum atomic E-state index is -0.780. The average Bonchev–Trinajstić information content (AvgIpc) is 2.68. The first-order valence-corrected chi connectivity index (χ1v) is 7.50. The summed E-state index contributed by atoms with van der Waals surface area (Å²) in [5, 5.41) is 8.75. The second kappa shape index (κ2) is 6.11. The molecular formula is C12H13Cl2NO3S. The Morgan fingerprint density at radius 2 is 2.00 bits per heavy atom. The zero-order valence-electron chi connectivity index (χ0n) is 10.1. The Kier molecular flexibility index (Phi) is 4.71. The summed E-state index contributed by atoms with van der Waals surface area (Å²) in [6.45, 7) is 1.14. The first-order chi connectivity index (χ1) is 8.97. The molecule has 2 rings (SSSR count). The molecular weight excluding hydrogens is 309 g/mol. The Morgan fingerprint density at radius 1 is 1.37 bits per heavy atom. The van der Waals surface area contributed by atoms with E-state index in [1.165, 1.54) is 11.3 Å². The molecule has 4 nitrogen and oxygen atoms in total. The van der Waals surface area contributed by atoms with Crippen LogP contribution in [0.15, 0.2) is 6.07 Å². The van der Waals surface area contributed by atoms with Crippen molar-refractivity contribution >= 4 is 46.4 Å². The monoisotopic (exact) mass is 321 g/mol. The van der Waals surface area contributed by atoms with Crippen molar-refractivity contribution in [3.8, 4) is 0 Å². The summed E-state index contributed by atoms with van der Waals surface area (Å²) in [7, 11) is 0. The van der Waals surface area contributed by atoms with Gasteiger partial charge in [-0.25, -0.2) is 0 Å². The van der Waals surface area contributed by atoms with Crippen LogP contribution in [0.2, 0.25) is 8.67 Å². The summed E-state index contributed by atoms with van der Waals surface area (Å²) in [5.41, 5.74) is 0.438. The largest absolute Gasteiger partial charge is 0.481 e. The number of halogens is 2. The lowest BCUT2D eigenvalue weighted by Gasteiger charge is -2.31. The highest BCUT2D eigenvalue weighted by molar-refractivity contribution is 7.20.